The summed E-state index contributed by atoms with van der Waals surface area (Å²) in [5.74, 6) is 0.542. The third kappa shape index (κ3) is 1.33. The number of pyridine rings is 1. The molecular weight excluding hydrogens is 246 g/mol. The van der Waals surface area contributed by atoms with Gasteiger partial charge < -0.3 is 4.90 Å². The van der Waals surface area contributed by atoms with Gasteiger partial charge in [-0.1, -0.05) is 6.07 Å². The minimum Gasteiger partial charge on any atom is -0.325 e. The number of aromatic nitrogens is 1. The fourth-order valence-corrected chi connectivity index (χ4v) is 4.56. The lowest BCUT2D eigenvalue weighted by atomic mass is 10.2. The Labute approximate surface area is 110 Å². The number of amides is 1. The molecule has 1 aromatic rings. The summed E-state index contributed by atoms with van der Waals surface area (Å²) in [4.78, 5) is 17.7. The number of likely N-dealkylation sites (N-methyl/N-ethyl adjacent to an activating group) is 1. The molecule has 1 spiro atoms. The van der Waals surface area contributed by atoms with Crippen molar-refractivity contribution >= 4 is 17.7 Å². The van der Waals surface area contributed by atoms with Crippen molar-refractivity contribution in [3.05, 3.63) is 30.1 Å². The summed E-state index contributed by atoms with van der Waals surface area (Å²) < 4.78 is 0. The molecule has 3 unspecified atom stereocenters. The molecule has 92 valence electrons. The molecule has 5 heteroatoms. The van der Waals surface area contributed by atoms with E-state index in [0.29, 0.717) is 12.3 Å². The number of carbonyl (C=O) groups is 1. The van der Waals surface area contributed by atoms with Crippen LogP contribution in [0.25, 0.3) is 0 Å². The summed E-state index contributed by atoms with van der Waals surface area (Å²) in [7, 11) is 0. The van der Waals surface area contributed by atoms with Gasteiger partial charge in [-0.2, -0.15) is 5.26 Å². The Balaban J connectivity index is 1.99. The number of nitrogens with zero attached hydrogens (tertiary/aromatic N) is 3. The van der Waals surface area contributed by atoms with Gasteiger partial charge in [-0.25, -0.2) is 0 Å². The van der Waals surface area contributed by atoms with Crippen LogP contribution in [-0.4, -0.2) is 33.0 Å². The Hall–Kier alpha value is -1.54. The molecule has 1 aliphatic heterocycles. The highest BCUT2D eigenvalue weighted by molar-refractivity contribution is 8.02. The molecule has 2 fully saturated rings. The molecule has 1 saturated heterocycles. The SMILES string of the molecule is CCN1C(=O)CSC12C(C#N)C2c1ccccn1. The van der Waals surface area contributed by atoms with Crippen molar-refractivity contribution in [3.8, 4) is 6.07 Å². The van der Waals surface area contributed by atoms with Crippen LogP contribution in [0.4, 0.5) is 0 Å². The van der Waals surface area contributed by atoms with Crippen LogP contribution >= 0.6 is 11.8 Å². The molecule has 1 aromatic heterocycles. The molecule has 4 nitrogen and oxygen atoms in total. The molecule has 2 aliphatic rings. The van der Waals surface area contributed by atoms with Gasteiger partial charge in [0, 0.05) is 18.4 Å². The number of rotatable bonds is 2. The summed E-state index contributed by atoms with van der Waals surface area (Å²) in [6.45, 7) is 2.63. The van der Waals surface area contributed by atoms with E-state index in [1.54, 1.807) is 18.0 Å². The monoisotopic (exact) mass is 259 g/mol. The zero-order valence-corrected chi connectivity index (χ0v) is 10.9. The quantitative estimate of drug-likeness (QED) is 0.809. The van der Waals surface area contributed by atoms with Crippen molar-refractivity contribution < 1.29 is 4.79 Å². The first-order chi connectivity index (χ1) is 8.75. The van der Waals surface area contributed by atoms with Gasteiger partial charge in [0.2, 0.25) is 5.91 Å². The van der Waals surface area contributed by atoms with Gasteiger partial charge in [-0.3, -0.25) is 9.78 Å². The van der Waals surface area contributed by atoms with Crippen LogP contribution in [0.2, 0.25) is 0 Å². The summed E-state index contributed by atoms with van der Waals surface area (Å²) >= 11 is 1.60. The second-order valence-corrected chi connectivity index (χ2v) is 5.75. The molecule has 0 radical (unpaired) electrons. The van der Waals surface area contributed by atoms with Crippen molar-refractivity contribution in [1.29, 1.82) is 5.26 Å². The van der Waals surface area contributed by atoms with E-state index < -0.39 is 0 Å². The van der Waals surface area contributed by atoms with E-state index in [2.05, 4.69) is 11.1 Å². The number of hydrogen-bond acceptors (Lipinski definition) is 4. The zero-order valence-electron chi connectivity index (χ0n) is 10.0. The predicted molar refractivity (Wildman–Crippen MR) is 68.7 cm³/mol. The minimum atomic E-state index is -0.352. The second kappa shape index (κ2) is 3.99. The Bertz CT molecular complexity index is 527. The lowest BCUT2D eigenvalue weighted by Gasteiger charge is -2.23. The molecule has 3 rings (SSSR count). The summed E-state index contributed by atoms with van der Waals surface area (Å²) in [6.07, 6.45) is 1.74. The van der Waals surface area contributed by atoms with Crippen LogP contribution in [0.15, 0.2) is 24.4 Å². The van der Waals surface area contributed by atoms with Gasteiger partial charge in [-0.15, -0.1) is 11.8 Å². The molecule has 1 amide bonds. The summed E-state index contributed by atoms with van der Waals surface area (Å²) in [6, 6.07) is 8.09. The number of hydrogen-bond donors (Lipinski definition) is 0. The van der Waals surface area contributed by atoms with E-state index in [1.807, 2.05) is 30.0 Å². The molecule has 1 aliphatic carbocycles. The fourth-order valence-electron chi connectivity index (χ4n) is 2.93. The fraction of sp³-hybridized carbons (Fsp3) is 0.462. The molecule has 0 bridgehead atoms. The smallest absolute Gasteiger partial charge is 0.233 e. The number of nitriles is 1. The molecule has 18 heavy (non-hydrogen) atoms. The van der Waals surface area contributed by atoms with E-state index in [4.69, 9.17) is 0 Å². The first kappa shape index (κ1) is 11.5. The van der Waals surface area contributed by atoms with Crippen molar-refractivity contribution in [2.24, 2.45) is 5.92 Å². The summed E-state index contributed by atoms with van der Waals surface area (Å²) in [5, 5.41) is 9.33. The topological polar surface area (TPSA) is 57.0 Å². The normalized spacial score (nSPS) is 33.8. The first-order valence-corrected chi connectivity index (χ1v) is 6.99. The average Bonchev–Trinajstić information content (AvgIpc) is 2.94. The molecule has 3 atom stereocenters. The van der Waals surface area contributed by atoms with Crippen LogP contribution < -0.4 is 0 Å². The highest BCUT2D eigenvalue weighted by Gasteiger charge is 2.73. The zero-order chi connectivity index (χ0) is 12.8. The van der Waals surface area contributed by atoms with Crippen molar-refractivity contribution in [3.63, 3.8) is 0 Å². The van der Waals surface area contributed by atoms with E-state index in [1.165, 1.54) is 0 Å². The molecule has 2 heterocycles. The molecule has 0 aromatic carbocycles. The van der Waals surface area contributed by atoms with Gasteiger partial charge in [0.15, 0.2) is 0 Å². The van der Waals surface area contributed by atoms with Crippen molar-refractivity contribution in [2.75, 3.05) is 12.3 Å². The van der Waals surface area contributed by atoms with Gasteiger partial charge in [-0.05, 0) is 19.1 Å². The van der Waals surface area contributed by atoms with Crippen LogP contribution in [0.1, 0.15) is 18.5 Å². The predicted octanol–water partition coefficient (Wildman–Crippen LogP) is 1.61. The number of thioether (sulfide) groups is 1. The highest BCUT2D eigenvalue weighted by Crippen LogP contribution is 2.68. The third-order valence-electron chi connectivity index (χ3n) is 3.73. The van der Waals surface area contributed by atoms with Crippen LogP contribution in [0, 0.1) is 17.2 Å². The van der Waals surface area contributed by atoms with Crippen LogP contribution in [0.5, 0.6) is 0 Å². The average molecular weight is 259 g/mol. The maximum Gasteiger partial charge on any atom is 0.233 e. The maximum absolute atomic E-state index is 11.9. The third-order valence-corrected chi connectivity index (χ3v) is 5.31. The highest BCUT2D eigenvalue weighted by atomic mass is 32.2. The first-order valence-electron chi connectivity index (χ1n) is 6.00. The Morgan fingerprint density at radius 3 is 3.11 bits per heavy atom. The lowest BCUT2D eigenvalue weighted by Crippen LogP contribution is -2.36. The Morgan fingerprint density at radius 2 is 2.50 bits per heavy atom. The van der Waals surface area contributed by atoms with Crippen LogP contribution in [-0.2, 0) is 4.79 Å². The van der Waals surface area contributed by atoms with Crippen molar-refractivity contribution in [1.82, 2.24) is 9.88 Å². The second-order valence-electron chi connectivity index (χ2n) is 4.52. The Kier molecular flexibility index (Phi) is 2.56. The van der Waals surface area contributed by atoms with Crippen molar-refractivity contribution in [2.45, 2.75) is 17.7 Å². The minimum absolute atomic E-state index is 0.0556. The van der Waals surface area contributed by atoms with E-state index in [9.17, 15) is 10.1 Å². The maximum atomic E-state index is 11.9. The van der Waals surface area contributed by atoms with E-state index in [0.717, 1.165) is 5.69 Å². The van der Waals surface area contributed by atoms with Gasteiger partial charge in [0.25, 0.3) is 0 Å². The number of carbonyl (C=O) groups excluding carboxylic acids is 1. The van der Waals surface area contributed by atoms with E-state index >= 15 is 0 Å². The molecule has 0 N–H and O–H groups in total. The van der Waals surface area contributed by atoms with Gasteiger partial charge in [0.1, 0.15) is 4.87 Å². The standard InChI is InChI=1S/C13H13N3OS/c1-2-16-11(17)8-18-13(16)9(7-14)12(13)10-5-3-4-6-15-10/h3-6,9,12H,2,8H2,1H3. The lowest BCUT2D eigenvalue weighted by molar-refractivity contribution is -0.128. The molecule has 1 saturated carbocycles. The van der Waals surface area contributed by atoms with Crippen LogP contribution in [0.3, 0.4) is 0 Å². The van der Waals surface area contributed by atoms with Gasteiger partial charge >= 0.3 is 0 Å². The summed E-state index contributed by atoms with van der Waals surface area (Å²) in [5.41, 5.74) is 0.921. The van der Waals surface area contributed by atoms with Gasteiger partial charge in [0.05, 0.1) is 23.7 Å². The largest absolute Gasteiger partial charge is 0.325 e. The molecular formula is C13H13N3OS. The Morgan fingerprint density at radius 1 is 1.67 bits per heavy atom. The van der Waals surface area contributed by atoms with E-state index in [-0.39, 0.29) is 22.6 Å².